The van der Waals surface area contributed by atoms with E-state index in [4.69, 9.17) is 5.11 Å². The summed E-state index contributed by atoms with van der Waals surface area (Å²) in [5.41, 5.74) is 0.460. The minimum Gasteiger partial charge on any atom is -0.481 e. The Morgan fingerprint density at radius 2 is 2.00 bits per heavy atom. The Balaban J connectivity index is 1.83. The van der Waals surface area contributed by atoms with Crippen LogP contribution in [0.3, 0.4) is 0 Å². The van der Waals surface area contributed by atoms with Gasteiger partial charge in [0.2, 0.25) is 0 Å². The van der Waals surface area contributed by atoms with Crippen LogP contribution in [0.1, 0.15) is 16.9 Å². The van der Waals surface area contributed by atoms with Crippen LogP contribution in [-0.4, -0.2) is 69.3 Å². The molecule has 1 amide bonds. The van der Waals surface area contributed by atoms with Crippen molar-refractivity contribution < 1.29 is 14.7 Å². The van der Waals surface area contributed by atoms with Crippen LogP contribution in [-0.2, 0) is 11.8 Å². The molecule has 2 heterocycles. The zero-order valence-electron chi connectivity index (χ0n) is 10.9. The fourth-order valence-corrected chi connectivity index (χ4v) is 2.12. The molecule has 0 spiro atoms. The minimum absolute atomic E-state index is 0.0570. The molecule has 1 aromatic rings. The predicted molar refractivity (Wildman–Crippen MR) is 67.8 cm³/mol. The van der Waals surface area contributed by atoms with Gasteiger partial charge < -0.3 is 10.0 Å². The van der Waals surface area contributed by atoms with E-state index in [2.05, 4.69) is 10.00 Å². The molecule has 1 fully saturated rings. The molecule has 0 aromatic carbocycles. The molecule has 0 saturated carbocycles. The summed E-state index contributed by atoms with van der Waals surface area (Å²) in [7, 11) is 1.78. The van der Waals surface area contributed by atoms with Crippen LogP contribution < -0.4 is 0 Å². The summed E-state index contributed by atoms with van der Waals surface area (Å²) < 4.78 is 1.61. The molecule has 19 heavy (non-hydrogen) atoms. The number of nitrogens with zero attached hydrogens (tertiary/aromatic N) is 4. The monoisotopic (exact) mass is 266 g/mol. The fourth-order valence-electron chi connectivity index (χ4n) is 2.12. The number of aryl methyl sites for hydroxylation is 1. The number of aromatic nitrogens is 2. The number of carbonyl (C=O) groups is 2. The van der Waals surface area contributed by atoms with E-state index in [-0.39, 0.29) is 12.3 Å². The number of carbonyl (C=O) groups excluding carboxylic acids is 1. The van der Waals surface area contributed by atoms with Crippen LogP contribution >= 0.6 is 0 Å². The first kappa shape index (κ1) is 13.5. The first-order valence-electron chi connectivity index (χ1n) is 6.29. The van der Waals surface area contributed by atoms with Crippen molar-refractivity contribution in [3.05, 3.63) is 18.0 Å². The maximum absolute atomic E-state index is 12.1. The zero-order valence-corrected chi connectivity index (χ0v) is 10.9. The molecular formula is C12H18N4O3. The van der Waals surface area contributed by atoms with Crippen LogP contribution in [0, 0.1) is 0 Å². The third-order valence-corrected chi connectivity index (χ3v) is 3.23. The molecule has 0 aliphatic carbocycles. The van der Waals surface area contributed by atoms with E-state index in [9.17, 15) is 9.59 Å². The lowest BCUT2D eigenvalue weighted by Crippen LogP contribution is -2.49. The van der Waals surface area contributed by atoms with Crippen molar-refractivity contribution in [1.82, 2.24) is 19.6 Å². The maximum Gasteiger partial charge on any atom is 0.304 e. The summed E-state index contributed by atoms with van der Waals surface area (Å²) in [6.07, 6.45) is 1.89. The van der Waals surface area contributed by atoms with Crippen LogP contribution in [0.4, 0.5) is 0 Å². The summed E-state index contributed by atoms with van der Waals surface area (Å²) in [5, 5.41) is 12.7. The van der Waals surface area contributed by atoms with E-state index in [1.54, 1.807) is 28.9 Å². The Morgan fingerprint density at radius 1 is 1.32 bits per heavy atom. The lowest BCUT2D eigenvalue weighted by atomic mass is 10.2. The molecule has 104 valence electrons. The predicted octanol–water partition coefficient (Wildman–Crippen LogP) is -0.347. The van der Waals surface area contributed by atoms with Crippen molar-refractivity contribution in [3.8, 4) is 0 Å². The number of carboxylic acid groups (broad SMARTS) is 1. The second-order valence-electron chi connectivity index (χ2n) is 4.65. The van der Waals surface area contributed by atoms with Crippen molar-refractivity contribution in [2.24, 2.45) is 7.05 Å². The lowest BCUT2D eigenvalue weighted by molar-refractivity contribution is -0.137. The van der Waals surface area contributed by atoms with E-state index in [1.165, 1.54) is 0 Å². The first-order chi connectivity index (χ1) is 9.06. The smallest absolute Gasteiger partial charge is 0.304 e. The molecule has 2 rings (SSSR count). The summed E-state index contributed by atoms with van der Waals surface area (Å²) in [5.74, 6) is -0.842. The number of aliphatic carboxylic acids is 1. The van der Waals surface area contributed by atoms with Gasteiger partial charge in [-0.25, -0.2) is 0 Å². The van der Waals surface area contributed by atoms with Crippen LogP contribution in [0.15, 0.2) is 12.3 Å². The Bertz CT molecular complexity index is 463. The Hall–Kier alpha value is -1.89. The molecule has 1 aliphatic rings. The number of hydrogen-bond acceptors (Lipinski definition) is 4. The second kappa shape index (κ2) is 5.83. The normalized spacial score (nSPS) is 16.6. The standard InChI is InChI=1S/C12H18N4O3/c1-14-4-2-10(13-14)12(19)16-8-6-15(7-9-16)5-3-11(17)18/h2,4H,3,5-9H2,1H3,(H,17,18). The van der Waals surface area contributed by atoms with Gasteiger partial charge in [-0.15, -0.1) is 0 Å². The topological polar surface area (TPSA) is 78.7 Å². The van der Waals surface area contributed by atoms with Crippen LogP contribution in [0.2, 0.25) is 0 Å². The molecule has 7 nitrogen and oxygen atoms in total. The van der Waals surface area contributed by atoms with Crippen molar-refractivity contribution >= 4 is 11.9 Å². The summed E-state index contributed by atoms with van der Waals surface area (Å²) in [6, 6.07) is 1.71. The van der Waals surface area contributed by atoms with Gasteiger partial charge in [0.15, 0.2) is 0 Å². The zero-order chi connectivity index (χ0) is 13.8. The highest BCUT2D eigenvalue weighted by Gasteiger charge is 2.23. The third kappa shape index (κ3) is 3.54. The summed E-state index contributed by atoms with van der Waals surface area (Å²) in [6.45, 7) is 3.21. The van der Waals surface area contributed by atoms with Gasteiger partial charge >= 0.3 is 5.97 Å². The average Bonchev–Trinajstić information content (AvgIpc) is 2.83. The molecule has 0 bridgehead atoms. The van der Waals surface area contributed by atoms with Gasteiger partial charge in [0.1, 0.15) is 5.69 Å². The fraction of sp³-hybridized carbons (Fsp3) is 0.583. The van der Waals surface area contributed by atoms with E-state index in [0.29, 0.717) is 38.4 Å². The molecule has 1 N–H and O–H groups in total. The molecule has 7 heteroatoms. The summed E-state index contributed by atoms with van der Waals surface area (Å²) in [4.78, 5) is 26.5. The van der Waals surface area contributed by atoms with Gasteiger partial charge in [-0.1, -0.05) is 0 Å². The SMILES string of the molecule is Cn1ccc(C(=O)N2CCN(CCC(=O)O)CC2)n1. The number of hydrogen-bond donors (Lipinski definition) is 1. The number of carboxylic acids is 1. The van der Waals surface area contributed by atoms with Gasteiger partial charge in [0.25, 0.3) is 5.91 Å². The molecule has 1 saturated heterocycles. The molecule has 0 radical (unpaired) electrons. The van der Waals surface area contributed by atoms with Gasteiger partial charge in [0.05, 0.1) is 6.42 Å². The average molecular weight is 266 g/mol. The molecule has 1 aliphatic heterocycles. The maximum atomic E-state index is 12.1. The highest BCUT2D eigenvalue weighted by atomic mass is 16.4. The van der Waals surface area contributed by atoms with Crippen molar-refractivity contribution in [2.45, 2.75) is 6.42 Å². The highest BCUT2D eigenvalue weighted by molar-refractivity contribution is 5.92. The number of piperazine rings is 1. The highest BCUT2D eigenvalue weighted by Crippen LogP contribution is 2.07. The first-order valence-corrected chi connectivity index (χ1v) is 6.29. The van der Waals surface area contributed by atoms with E-state index in [0.717, 1.165) is 0 Å². The number of amides is 1. The largest absolute Gasteiger partial charge is 0.481 e. The van der Waals surface area contributed by atoms with E-state index >= 15 is 0 Å². The van der Waals surface area contributed by atoms with Crippen molar-refractivity contribution in [2.75, 3.05) is 32.7 Å². The quantitative estimate of drug-likeness (QED) is 0.806. The second-order valence-corrected chi connectivity index (χ2v) is 4.65. The van der Waals surface area contributed by atoms with Crippen molar-refractivity contribution in [3.63, 3.8) is 0 Å². The van der Waals surface area contributed by atoms with Crippen LogP contribution in [0.5, 0.6) is 0 Å². The third-order valence-electron chi connectivity index (χ3n) is 3.23. The Morgan fingerprint density at radius 3 is 2.53 bits per heavy atom. The van der Waals surface area contributed by atoms with E-state index < -0.39 is 5.97 Å². The number of rotatable bonds is 4. The van der Waals surface area contributed by atoms with Crippen LogP contribution in [0.25, 0.3) is 0 Å². The van der Waals surface area contributed by atoms with E-state index in [1.807, 2.05) is 0 Å². The van der Waals surface area contributed by atoms with Gasteiger partial charge in [-0.2, -0.15) is 5.10 Å². The molecule has 0 atom stereocenters. The van der Waals surface area contributed by atoms with Crippen molar-refractivity contribution in [1.29, 1.82) is 0 Å². The van der Waals surface area contributed by atoms with Gasteiger partial charge in [-0.3, -0.25) is 19.2 Å². The summed E-state index contributed by atoms with van der Waals surface area (Å²) >= 11 is 0. The molecule has 0 unspecified atom stereocenters. The lowest BCUT2D eigenvalue weighted by Gasteiger charge is -2.34. The molecule has 1 aromatic heterocycles. The Labute approximate surface area is 111 Å². The Kier molecular flexibility index (Phi) is 4.16. The van der Waals surface area contributed by atoms with Gasteiger partial charge in [-0.05, 0) is 6.07 Å². The molecular weight excluding hydrogens is 248 g/mol. The van der Waals surface area contributed by atoms with Gasteiger partial charge in [0, 0.05) is 46.0 Å². The minimum atomic E-state index is -0.785.